The predicted molar refractivity (Wildman–Crippen MR) is 85.2 cm³/mol. The van der Waals surface area contributed by atoms with Gasteiger partial charge in [0, 0.05) is 37.3 Å². The molecule has 0 radical (unpaired) electrons. The minimum atomic E-state index is 0.245. The second kappa shape index (κ2) is 6.76. The first-order valence-corrected chi connectivity index (χ1v) is 8.54. The first-order valence-electron chi connectivity index (χ1n) is 8.54. The highest BCUT2D eigenvalue weighted by molar-refractivity contribution is 5.03. The Hall–Kier alpha value is -0.120. The van der Waals surface area contributed by atoms with Crippen molar-refractivity contribution in [2.24, 2.45) is 0 Å². The van der Waals surface area contributed by atoms with Crippen LogP contribution in [0.5, 0.6) is 0 Å². The minimum absolute atomic E-state index is 0.245. The van der Waals surface area contributed by atoms with Gasteiger partial charge in [0.2, 0.25) is 0 Å². The van der Waals surface area contributed by atoms with Crippen LogP contribution in [0.2, 0.25) is 0 Å². The van der Waals surface area contributed by atoms with E-state index in [-0.39, 0.29) is 5.54 Å². The molecule has 1 aliphatic heterocycles. The summed E-state index contributed by atoms with van der Waals surface area (Å²) in [5.41, 5.74) is 0.632. The molecule has 1 heterocycles. The fraction of sp³-hybridized carbons (Fsp3) is 1.00. The normalized spacial score (nSPS) is 26.2. The fourth-order valence-corrected chi connectivity index (χ4v) is 4.12. The minimum Gasteiger partial charge on any atom is -0.379 e. The number of nitrogens with zero attached hydrogens (tertiary/aromatic N) is 1. The van der Waals surface area contributed by atoms with Crippen LogP contribution in [0.15, 0.2) is 0 Å². The zero-order valence-corrected chi connectivity index (χ0v) is 14.0. The van der Waals surface area contributed by atoms with E-state index >= 15 is 0 Å². The molecule has 1 saturated carbocycles. The van der Waals surface area contributed by atoms with E-state index in [1.807, 2.05) is 0 Å². The second-order valence-corrected chi connectivity index (χ2v) is 7.83. The lowest BCUT2D eigenvalue weighted by atomic mass is 9.77. The summed E-state index contributed by atoms with van der Waals surface area (Å²) in [7, 11) is 0. The van der Waals surface area contributed by atoms with E-state index in [0.29, 0.717) is 11.6 Å². The molecule has 20 heavy (non-hydrogen) atoms. The lowest BCUT2D eigenvalue weighted by molar-refractivity contribution is 0.0244. The Morgan fingerprint density at radius 1 is 1.10 bits per heavy atom. The summed E-state index contributed by atoms with van der Waals surface area (Å²) in [5, 5.41) is 3.97. The number of hydrogen-bond acceptors (Lipinski definition) is 3. The van der Waals surface area contributed by atoms with Crippen LogP contribution in [0.25, 0.3) is 0 Å². The molecule has 2 rings (SSSR count). The van der Waals surface area contributed by atoms with Crippen LogP contribution in [-0.4, -0.2) is 48.3 Å². The van der Waals surface area contributed by atoms with Crippen molar-refractivity contribution >= 4 is 0 Å². The highest BCUT2D eigenvalue weighted by atomic mass is 16.5. The summed E-state index contributed by atoms with van der Waals surface area (Å²) in [4.78, 5) is 2.67. The van der Waals surface area contributed by atoms with Crippen LogP contribution in [-0.2, 0) is 4.74 Å². The quantitative estimate of drug-likeness (QED) is 0.784. The van der Waals surface area contributed by atoms with E-state index in [2.05, 4.69) is 37.9 Å². The molecule has 3 nitrogen and oxygen atoms in total. The van der Waals surface area contributed by atoms with Crippen molar-refractivity contribution < 1.29 is 4.74 Å². The van der Waals surface area contributed by atoms with Crippen molar-refractivity contribution in [2.45, 2.75) is 83.4 Å². The molecule has 1 aliphatic carbocycles. The van der Waals surface area contributed by atoms with Gasteiger partial charge < -0.3 is 10.1 Å². The molecule has 0 aromatic rings. The first kappa shape index (κ1) is 16.3. The number of hydrogen-bond donors (Lipinski definition) is 1. The number of rotatable bonds is 5. The Balaban J connectivity index is 1.85. The van der Waals surface area contributed by atoms with Crippen LogP contribution >= 0.6 is 0 Å². The molecule has 0 amide bonds. The van der Waals surface area contributed by atoms with Gasteiger partial charge in [0.1, 0.15) is 0 Å². The Morgan fingerprint density at radius 3 is 2.45 bits per heavy atom. The van der Waals surface area contributed by atoms with Crippen LogP contribution in [0.1, 0.15) is 66.2 Å². The molecule has 1 N–H and O–H groups in total. The third-order valence-corrected chi connectivity index (χ3v) is 4.63. The molecule has 3 heteroatoms. The number of nitrogens with one attached hydrogen (secondary N) is 1. The average Bonchev–Trinajstić information content (AvgIpc) is 2.33. The van der Waals surface area contributed by atoms with Crippen molar-refractivity contribution in [3.63, 3.8) is 0 Å². The van der Waals surface area contributed by atoms with Gasteiger partial charge in [-0.3, -0.25) is 4.90 Å². The van der Waals surface area contributed by atoms with Crippen LogP contribution in [0, 0.1) is 0 Å². The van der Waals surface area contributed by atoms with Crippen molar-refractivity contribution in [3.05, 3.63) is 0 Å². The standard InChI is InChI=1S/C17H34N2O/c1-15(2)20-12-8-11-19-13-16(3,4)18-17(14-19)9-6-5-7-10-17/h15,18H,5-14H2,1-4H3. The topological polar surface area (TPSA) is 24.5 Å². The van der Waals surface area contributed by atoms with Gasteiger partial charge >= 0.3 is 0 Å². The third-order valence-electron chi connectivity index (χ3n) is 4.63. The second-order valence-electron chi connectivity index (χ2n) is 7.83. The molecular weight excluding hydrogens is 248 g/mol. The lowest BCUT2D eigenvalue weighted by Crippen LogP contribution is -2.69. The van der Waals surface area contributed by atoms with Crippen LogP contribution in [0.3, 0.4) is 0 Å². The zero-order chi connectivity index (χ0) is 14.6. The van der Waals surface area contributed by atoms with E-state index in [9.17, 15) is 0 Å². The molecule has 2 aliphatic rings. The van der Waals surface area contributed by atoms with Gasteiger partial charge in [0.15, 0.2) is 0 Å². The van der Waals surface area contributed by atoms with Crippen molar-refractivity contribution in [2.75, 3.05) is 26.2 Å². The molecule has 2 fully saturated rings. The number of piperazine rings is 1. The summed E-state index contributed by atoms with van der Waals surface area (Å²) < 4.78 is 5.68. The summed E-state index contributed by atoms with van der Waals surface area (Å²) in [6, 6.07) is 0. The van der Waals surface area contributed by atoms with Gasteiger partial charge in [-0.05, 0) is 47.0 Å². The Labute approximate surface area is 125 Å². The van der Waals surface area contributed by atoms with Gasteiger partial charge in [-0.15, -0.1) is 0 Å². The Bertz CT molecular complexity index is 295. The van der Waals surface area contributed by atoms with Crippen molar-refractivity contribution in [3.8, 4) is 0 Å². The molecule has 0 bridgehead atoms. The van der Waals surface area contributed by atoms with Crippen molar-refractivity contribution in [1.29, 1.82) is 0 Å². The van der Waals surface area contributed by atoms with E-state index in [0.717, 1.165) is 19.6 Å². The van der Waals surface area contributed by atoms with Crippen LogP contribution < -0.4 is 5.32 Å². The molecule has 0 unspecified atom stereocenters. The maximum absolute atomic E-state index is 5.68. The SMILES string of the molecule is CC(C)OCCCN1CC(C)(C)NC2(CCCCC2)C1. The molecular formula is C17H34N2O. The van der Waals surface area contributed by atoms with Gasteiger partial charge in [-0.1, -0.05) is 19.3 Å². The van der Waals surface area contributed by atoms with E-state index in [1.54, 1.807) is 0 Å². The number of ether oxygens (including phenoxy) is 1. The molecule has 1 spiro atoms. The summed E-state index contributed by atoms with van der Waals surface area (Å²) >= 11 is 0. The Morgan fingerprint density at radius 2 is 1.80 bits per heavy atom. The smallest absolute Gasteiger partial charge is 0.0518 e. The van der Waals surface area contributed by atoms with Gasteiger partial charge in [0.25, 0.3) is 0 Å². The third kappa shape index (κ3) is 4.71. The highest BCUT2D eigenvalue weighted by Gasteiger charge is 2.42. The largest absolute Gasteiger partial charge is 0.379 e. The molecule has 0 aromatic heterocycles. The van der Waals surface area contributed by atoms with Gasteiger partial charge in [-0.25, -0.2) is 0 Å². The zero-order valence-electron chi connectivity index (χ0n) is 14.0. The predicted octanol–water partition coefficient (Wildman–Crippen LogP) is 3.19. The van der Waals surface area contributed by atoms with E-state index in [4.69, 9.17) is 4.74 Å². The highest BCUT2D eigenvalue weighted by Crippen LogP contribution is 2.34. The first-order chi connectivity index (χ1) is 9.41. The summed E-state index contributed by atoms with van der Waals surface area (Å²) in [5.74, 6) is 0. The molecule has 0 atom stereocenters. The van der Waals surface area contributed by atoms with Gasteiger partial charge in [0.05, 0.1) is 6.10 Å². The average molecular weight is 282 g/mol. The Kier molecular flexibility index (Phi) is 5.49. The van der Waals surface area contributed by atoms with Crippen molar-refractivity contribution in [1.82, 2.24) is 10.2 Å². The fourth-order valence-electron chi connectivity index (χ4n) is 4.12. The lowest BCUT2D eigenvalue weighted by Gasteiger charge is -2.53. The maximum Gasteiger partial charge on any atom is 0.0518 e. The molecule has 1 saturated heterocycles. The monoisotopic (exact) mass is 282 g/mol. The van der Waals surface area contributed by atoms with Crippen LogP contribution in [0.4, 0.5) is 0 Å². The molecule has 118 valence electrons. The summed E-state index contributed by atoms with van der Waals surface area (Å²) in [6.45, 7) is 13.4. The van der Waals surface area contributed by atoms with Gasteiger partial charge in [-0.2, -0.15) is 0 Å². The van der Waals surface area contributed by atoms with E-state index < -0.39 is 0 Å². The summed E-state index contributed by atoms with van der Waals surface area (Å²) in [6.07, 6.45) is 8.45. The molecule has 0 aromatic carbocycles. The van der Waals surface area contributed by atoms with E-state index in [1.165, 1.54) is 45.2 Å². The maximum atomic E-state index is 5.68.